The van der Waals surface area contributed by atoms with Crippen molar-refractivity contribution in [2.24, 2.45) is 0 Å². The average Bonchev–Trinajstić information content (AvgIpc) is 3.07. The first-order valence-corrected chi connectivity index (χ1v) is 13.1. The molecule has 5 aromatic rings. The van der Waals surface area contributed by atoms with Crippen LogP contribution in [0.4, 0.5) is 17.1 Å². The molecule has 0 radical (unpaired) electrons. The zero-order chi connectivity index (χ0) is 30.0. The fraction of sp³-hybridized carbons (Fsp3) is 0. The number of rotatable bonds is 3. The van der Waals surface area contributed by atoms with Crippen LogP contribution >= 0.6 is 0 Å². The van der Waals surface area contributed by atoms with Gasteiger partial charge in [0.25, 0.3) is 0 Å². The Morgan fingerprint density at radius 1 is 0.349 bits per heavy atom. The molecule has 0 atom stereocenters. The highest BCUT2D eigenvalue weighted by molar-refractivity contribution is 5.76. The smallest absolute Gasteiger partial charge is 0.100 e. The van der Waals surface area contributed by atoms with E-state index in [0.29, 0.717) is 27.8 Å². The van der Waals surface area contributed by atoms with E-state index in [9.17, 15) is 21.0 Å². The maximum atomic E-state index is 9.82. The Balaban J connectivity index is 1.46. The molecule has 0 N–H and O–H groups in total. The van der Waals surface area contributed by atoms with E-state index in [1.54, 1.807) is 12.1 Å². The fourth-order valence-electron chi connectivity index (χ4n) is 4.38. The summed E-state index contributed by atoms with van der Waals surface area (Å²) in [6.07, 6.45) is 0. The molecule has 0 bridgehead atoms. The van der Waals surface area contributed by atoms with Crippen molar-refractivity contribution in [1.82, 2.24) is 0 Å². The molecule has 0 saturated carbocycles. The van der Waals surface area contributed by atoms with E-state index < -0.39 is 0 Å². The van der Waals surface area contributed by atoms with E-state index in [1.807, 2.05) is 66.7 Å². The minimum absolute atomic E-state index is 0.252. The highest BCUT2D eigenvalue weighted by Gasteiger charge is 2.12. The standard InChI is InChI=1S/C38H19N5/c39-24-29-12-16-33(25-40)30(21-29)17-18-32-23-34(26-41)31(22-35(32)27-42)15-11-28-13-19-38(20-14-28)43(36-7-3-1-4-8-36)37-9-5-2-6-10-37/h1-10,12-14,16,19-23H. The molecule has 0 amide bonds. The van der Waals surface area contributed by atoms with Crippen LogP contribution in [0.2, 0.25) is 0 Å². The van der Waals surface area contributed by atoms with Gasteiger partial charge in [-0.1, -0.05) is 60.1 Å². The Kier molecular flexibility index (Phi) is 8.26. The maximum Gasteiger partial charge on any atom is 0.100 e. The van der Waals surface area contributed by atoms with Crippen molar-refractivity contribution in [3.8, 4) is 48.0 Å². The number of hydrogen-bond acceptors (Lipinski definition) is 5. The SMILES string of the molecule is N#Cc1ccc(C#N)c(C#Cc2cc(C#N)c(C#Cc3ccc(N(c4ccccc4)c4ccccc4)cc3)cc2C#N)c1. The number of nitriles is 4. The lowest BCUT2D eigenvalue weighted by Crippen LogP contribution is -2.09. The second kappa shape index (κ2) is 12.9. The van der Waals surface area contributed by atoms with Crippen LogP contribution in [0.25, 0.3) is 0 Å². The summed E-state index contributed by atoms with van der Waals surface area (Å²) < 4.78 is 0. The molecule has 0 aliphatic rings. The van der Waals surface area contributed by atoms with Crippen molar-refractivity contribution in [2.45, 2.75) is 0 Å². The summed E-state index contributed by atoms with van der Waals surface area (Å²) in [6.45, 7) is 0. The van der Waals surface area contributed by atoms with Crippen molar-refractivity contribution in [3.05, 3.63) is 160 Å². The lowest BCUT2D eigenvalue weighted by molar-refractivity contribution is 1.28. The molecule has 0 aliphatic heterocycles. The molecule has 0 unspecified atom stereocenters. The normalized spacial score (nSPS) is 9.40. The first kappa shape index (κ1) is 27.5. The minimum atomic E-state index is 0.252. The molecule has 0 heterocycles. The number of hydrogen-bond donors (Lipinski definition) is 0. The molecular weight excluding hydrogens is 526 g/mol. The average molecular weight is 546 g/mol. The summed E-state index contributed by atoms with van der Waals surface area (Å²) in [6, 6.07) is 44.0. The summed E-state index contributed by atoms with van der Waals surface area (Å²) in [7, 11) is 0. The number of para-hydroxylation sites is 2. The fourth-order valence-corrected chi connectivity index (χ4v) is 4.38. The summed E-state index contributed by atoms with van der Waals surface area (Å²) in [5, 5.41) is 38.2. The first-order chi connectivity index (χ1) is 21.1. The summed E-state index contributed by atoms with van der Waals surface area (Å²) in [5.74, 6) is 11.9. The van der Waals surface area contributed by atoms with Crippen molar-refractivity contribution in [3.63, 3.8) is 0 Å². The summed E-state index contributed by atoms with van der Waals surface area (Å²) in [5.41, 5.74) is 6.10. The molecule has 5 aromatic carbocycles. The highest BCUT2D eigenvalue weighted by Crippen LogP contribution is 2.34. The molecule has 5 heteroatoms. The minimum Gasteiger partial charge on any atom is -0.311 e. The van der Waals surface area contributed by atoms with Gasteiger partial charge in [-0.2, -0.15) is 21.0 Å². The van der Waals surface area contributed by atoms with Crippen molar-refractivity contribution in [1.29, 1.82) is 21.0 Å². The largest absolute Gasteiger partial charge is 0.311 e. The van der Waals surface area contributed by atoms with E-state index in [-0.39, 0.29) is 11.1 Å². The van der Waals surface area contributed by atoms with Gasteiger partial charge in [-0.3, -0.25) is 0 Å². The molecule has 0 spiro atoms. The van der Waals surface area contributed by atoms with Gasteiger partial charge >= 0.3 is 0 Å². The molecule has 0 fully saturated rings. The van der Waals surface area contributed by atoms with Crippen LogP contribution in [0.3, 0.4) is 0 Å². The Hall–Kier alpha value is -7.02. The summed E-state index contributed by atoms with van der Waals surface area (Å²) >= 11 is 0. The Morgan fingerprint density at radius 3 is 1.28 bits per heavy atom. The molecule has 5 nitrogen and oxygen atoms in total. The van der Waals surface area contributed by atoms with Gasteiger partial charge in [0.05, 0.1) is 28.3 Å². The quantitative estimate of drug-likeness (QED) is 0.219. The molecular formula is C38H19N5. The monoisotopic (exact) mass is 545 g/mol. The number of benzene rings is 5. The Labute approximate surface area is 250 Å². The topological polar surface area (TPSA) is 98.4 Å². The molecule has 5 rings (SSSR count). The van der Waals surface area contributed by atoms with Crippen LogP contribution in [-0.4, -0.2) is 0 Å². The van der Waals surface area contributed by atoms with Gasteiger partial charge in [-0.25, -0.2) is 0 Å². The van der Waals surface area contributed by atoms with Crippen LogP contribution in [0, 0.1) is 69.0 Å². The van der Waals surface area contributed by atoms with Crippen LogP contribution < -0.4 is 4.90 Å². The molecule has 0 aromatic heterocycles. The van der Waals surface area contributed by atoms with Gasteiger partial charge in [0.15, 0.2) is 0 Å². The number of nitrogens with zero attached hydrogens (tertiary/aromatic N) is 5. The molecule has 196 valence electrons. The van der Waals surface area contributed by atoms with Gasteiger partial charge in [0.2, 0.25) is 0 Å². The predicted octanol–water partition coefficient (Wildman–Crippen LogP) is 7.44. The number of anilines is 3. The van der Waals surface area contributed by atoms with Crippen molar-refractivity contribution < 1.29 is 0 Å². The van der Waals surface area contributed by atoms with Gasteiger partial charge < -0.3 is 4.90 Å². The second-order valence-electron chi connectivity index (χ2n) is 9.20. The van der Waals surface area contributed by atoms with Crippen LogP contribution in [0.5, 0.6) is 0 Å². The van der Waals surface area contributed by atoms with Crippen LogP contribution in [-0.2, 0) is 0 Å². The zero-order valence-corrected chi connectivity index (χ0v) is 22.7. The van der Waals surface area contributed by atoms with Crippen LogP contribution in [0.15, 0.2) is 115 Å². The van der Waals surface area contributed by atoms with Crippen molar-refractivity contribution in [2.75, 3.05) is 4.90 Å². The van der Waals surface area contributed by atoms with Gasteiger partial charge in [0.1, 0.15) is 18.2 Å². The maximum absolute atomic E-state index is 9.82. The lowest BCUT2D eigenvalue weighted by Gasteiger charge is -2.25. The van der Waals surface area contributed by atoms with Crippen LogP contribution in [0.1, 0.15) is 44.5 Å². The van der Waals surface area contributed by atoms with Gasteiger partial charge in [0, 0.05) is 39.3 Å². The van der Waals surface area contributed by atoms with Crippen molar-refractivity contribution >= 4 is 17.1 Å². The third kappa shape index (κ3) is 6.26. The Morgan fingerprint density at radius 2 is 0.791 bits per heavy atom. The van der Waals surface area contributed by atoms with Gasteiger partial charge in [-0.15, -0.1) is 0 Å². The van der Waals surface area contributed by atoms with E-state index in [0.717, 1.165) is 22.6 Å². The highest BCUT2D eigenvalue weighted by atomic mass is 15.1. The van der Waals surface area contributed by atoms with Gasteiger partial charge in [-0.05, 0) is 78.9 Å². The first-order valence-electron chi connectivity index (χ1n) is 13.1. The predicted molar refractivity (Wildman–Crippen MR) is 165 cm³/mol. The Bertz CT molecular complexity index is 2070. The molecule has 43 heavy (non-hydrogen) atoms. The van der Waals surface area contributed by atoms with E-state index in [4.69, 9.17) is 0 Å². The second-order valence-corrected chi connectivity index (χ2v) is 9.20. The lowest BCUT2D eigenvalue weighted by atomic mass is 9.98. The van der Waals surface area contributed by atoms with E-state index >= 15 is 0 Å². The summed E-state index contributed by atoms with van der Waals surface area (Å²) in [4.78, 5) is 2.15. The third-order valence-electron chi connectivity index (χ3n) is 6.50. The van der Waals surface area contributed by atoms with E-state index in [1.165, 1.54) is 18.2 Å². The molecule has 0 aliphatic carbocycles. The zero-order valence-electron chi connectivity index (χ0n) is 22.7. The molecule has 0 saturated heterocycles. The third-order valence-corrected chi connectivity index (χ3v) is 6.50. The van der Waals surface area contributed by atoms with E-state index in [2.05, 4.69) is 71.1 Å².